The summed E-state index contributed by atoms with van der Waals surface area (Å²) >= 11 is 0. The summed E-state index contributed by atoms with van der Waals surface area (Å²) in [5.41, 5.74) is 7.31. The first kappa shape index (κ1) is 18.0. The molecule has 1 aliphatic heterocycles. The van der Waals surface area contributed by atoms with Crippen molar-refractivity contribution in [2.45, 2.75) is 38.8 Å². The molecule has 1 aliphatic rings. The van der Waals surface area contributed by atoms with Crippen molar-refractivity contribution in [1.29, 1.82) is 0 Å². The van der Waals surface area contributed by atoms with Crippen LogP contribution in [-0.4, -0.2) is 36.5 Å². The van der Waals surface area contributed by atoms with Crippen molar-refractivity contribution in [2.24, 2.45) is 5.73 Å². The normalized spacial score (nSPS) is 18.9. The zero-order valence-corrected chi connectivity index (χ0v) is 13.5. The molecule has 118 valence electrons. The van der Waals surface area contributed by atoms with Gasteiger partial charge in [-0.2, -0.15) is 0 Å². The maximum atomic E-state index is 12.1. The zero-order chi connectivity index (χ0) is 14.4. The van der Waals surface area contributed by atoms with Crippen LogP contribution in [0.15, 0.2) is 24.3 Å². The number of hydrogen-bond donors (Lipinski definition) is 2. The van der Waals surface area contributed by atoms with Gasteiger partial charge in [-0.3, -0.25) is 9.69 Å². The Morgan fingerprint density at radius 2 is 2.05 bits per heavy atom. The summed E-state index contributed by atoms with van der Waals surface area (Å²) in [6, 6.07) is 7.99. The van der Waals surface area contributed by atoms with Crippen molar-refractivity contribution < 1.29 is 4.79 Å². The fraction of sp³-hybridized carbons (Fsp3) is 0.562. The quantitative estimate of drug-likeness (QED) is 0.876. The van der Waals surface area contributed by atoms with Crippen LogP contribution in [0.25, 0.3) is 0 Å². The lowest BCUT2D eigenvalue weighted by atomic mass is 10.0. The molecule has 0 aliphatic carbocycles. The van der Waals surface area contributed by atoms with Crippen LogP contribution in [0.2, 0.25) is 0 Å². The molecule has 1 heterocycles. The summed E-state index contributed by atoms with van der Waals surface area (Å²) in [5.74, 6) is 0.00944. The van der Waals surface area contributed by atoms with Gasteiger partial charge in [-0.1, -0.05) is 25.5 Å². The minimum absolute atomic E-state index is 0. The number of nitrogens with two attached hydrogens (primary N) is 1. The molecule has 3 N–H and O–H groups in total. The molecule has 1 aromatic rings. The number of carbonyl (C=O) groups excluding carboxylic acids is 1. The first-order chi connectivity index (χ1) is 9.74. The molecular formula is C16H26ClN3O. The van der Waals surface area contributed by atoms with Crippen LogP contribution in [-0.2, 0) is 6.54 Å². The topological polar surface area (TPSA) is 58.4 Å². The van der Waals surface area contributed by atoms with Crippen molar-refractivity contribution in [3.05, 3.63) is 35.4 Å². The van der Waals surface area contributed by atoms with Crippen molar-refractivity contribution >= 4 is 18.3 Å². The summed E-state index contributed by atoms with van der Waals surface area (Å²) in [5, 5.41) is 3.06. The molecule has 1 atom stereocenters. The highest BCUT2D eigenvalue weighted by molar-refractivity contribution is 5.94. The molecule has 21 heavy (non-hydrogen) atoms. The van der Waals surface area contributed by atoms with Gasteiger partial charge in [0.1, 0.15) is 0 Å². The summed E-state index contributed by atoms with van der Waals surface area (Å²) in [7, 11) is 0. The van der Waals surface area contributed by atoms with Crippen LogP contribution in [0.4, 0.5) is 0 Å². The summed E-state index contributed by atoms with van der Waals surface area (Å²) < 4.78 is 0. The third-order valence-electron chi connectivity index (χ3n) is 4.11. The van der Waals surface area contributed by atoms with Gasteiger partial charge < -0.3 is 11.1 Å². The molecule has 0 aromatic heterocycles. The molecule has 0 spiro atoms. The van der Waals surface area contributed by atoms with Gasteiger partial charge in [0, 0.05) is 24.7 Å². The van der Waals surface area contributed by atoms with Gasteiger partial charge in [0.05, 0.1) is 0 Å². The summed E-state index contributed by atoms with van der Waals surface area (Å²) in [6.07, 6.45) is 3.72. The maximum Gasteiger partial charge on any atom is 0.251 e. The Morgan fingerprint density at radius 3 is 2.67 bits per heavy atom. The van der Waals surface area contributed by atoms with E-state index >= 15 is 0 Å². The van der Waals surface area contributed by atoms with Crippen LogP contribution in [0.3, 0.4) is 0 Å². The highest BCUT2D eigenvalue weighted by atomic mass is 35.5. The molecule has 1 saturated heterocycles. The number of nitrogens with one attached hydrogen (secondary N) is 1. The molecule has 1 fully saturated rings. The molecular weight excluding hydrogens is 286 g/mol. The standard InChI is InChI=1S/C16H25N3O.ClH/c1-2-19-10-4-3-5-15(19)12-18-16(20)14-8-6-13(11-17)7-9-14;/h6-9,15H,2-5,10-12,17H2,1H3,(H,18,20);1H. The lowest BCUT2D eigenvalue weighted by molar-refractivity contribution is 0.0918. The molecule has 4 nitrogen and oxygen atoms in total. The lowest BCUT2D eigenvalue weighted by Gasteiger charge is -2.34. The van der Waals surface area contributed by atoms with Gasteiger partial charge in [0.2, 0.25) is 0 Å². The average Bonchev–Trinajstić information content (AvgIpc) is 2.53. The first-order valence-electron chi connectivity index (χ1n) is 7.56. The highest BCUT2D eigenvalue weighted by Gasteiger charge is 2.21. The van der Waals surface area contributed by atoms with Crippen LogP contribution in [0, 0.1) is 0 Å². The van der Waals surface area contributed by atoms with Gasteiger partial charge in [-0.15, -0.1) is 12.4 Å². The second-order valence-corrected chi connectivity index (χ2v) is 5.39. The molecule has 0 bridgehead atoms. The van der Waals surface area contributed by atoms with Gasteiger partial charge in [0.15, 0.2) is 0 Å². The van der Waals surface area contributed by atoms with Crippen LogP contribution in [0.1, 0.15) is 42.1 Å². The van der Waals surface area contributed by atoms with Crippen molar-refractivity contribution in [2.75, 3.05) is 19.6 Å². The van der Waals surface area contributed by atoms with Crippen LogP contribution < -0.4 is 11.1 Å². The van der Waals surface area contributed by atoms with Gasteiger partial charge in [0.25, 0.3) is 5.91 Å². The predicted molar refractivity (Wildman–Crippen MR) is 88.8 cm³/mol. The predicted octanol–water partition coefficient (Wildman–Crippen LogP) is 2.17. The van der Waals surface area contributed by atoms with E-state index in [1.807, 2.05) is 24.3 Å². The van der Waals surface area contributed by atoms with E-state index in [2.05, 4.69) is 17.1 Å². The fourth-order valence-corrected chi connectivity index (χ4v) is 2.81. The Balaban J connectivity index is 0.00000220. The van der Waals surface area contributed by atoms with E-state index in [1.54, 1.807) is 0 Å². The molecule has 2 rings (SSSR count). The lowest BCUT2D eigenvalue weighted by Crippen LogP contribution is -2.46. The molecule has 0 radical (unpaired) electrons. The average molecular weight is 312 g/mol. The maximum absolute atomic E-state index is 12.1. The zero-order valence-electron chi connectivity index (χ0n) is 12.7. The van der Waals surface area contributed by atoms with E-state index in [0.29, 0.717) is 18.2 Å². The molecule has 1 unspecified atom stereocenters. The third-order valence-corrected chi connectivity index (χ3v) is 4.11. The second-order valence-electron chi connectivity index (χ2n) is 5.39. The van der Waals surface area contributed by atoms with Gasteiger partial charge >= 0.3 is 0 Å². The fourth-order valence-electron chi connectivity index (χ4n) is 2.81. The highest BCUT2D eigenvalue weighted by Crippen LogP contribution is 2.16. The molecule has 5 heteroatoms. The SMILES string of the molecule is CCN1CCCCC1CNC(=O)c1ccc(CN)cc1.Cl. The Labute approximate surface area is 133 Å². The number of nitrogens with zero attached hydrogens (tertiary/aromatic N) is 1. The number of carbonyl (C=O) groups is 1. The van der Waals surface area contributed by atoms with Crippen molar-refractivity contribution in [3.63, 3.8) is 0 Å². The van der Waals surface area contributed by atoms with Gasteiger partial charge in [-0.25, -0.2) is 0 Å². The number of likely N-dealkylation sites (N-methyl/N-ethyl adjacent to an activating group) is 1. The number of halogens is 1. The second kappa shape index (κ2) is 9.03. The Bertz CT molecular complexity index is 436. The minimum Gasteiger partial charge on any atom is -0.350 e. The van der Waals surface area contributed by atoms with E-state index < -0.39 is 0 Å². The van der Waals surface area contributed by atoms with Gasteiger partial charge in [-0.05, 0) is 43.6 Å². The number of hydrogen-bond acceptors (Lipinski definition) is 3. The Hall–Kier alpha value is -1.10. The molecule has 0 saturated carbocycles. The number of likely N-dealkylation sites (tertiary alicyclic amines) is 1. The third kappa shape index (κ3) is 4.99. The van der Waals surface area contributed by atoms with Crippen LogP contribution >= 0.6 is 12.4 Å². The Kier molecular flexibility index (Phi) is 7.72. The van der Waals surface area contributed by atoms with Crippen LogP contribution in [0.5, 0.6) is 0 Å². The molecule has 1 aromatic carbocycles. The Morgan fingerprint density at radius 1 is 1.33 bits per heavy atom. The van der Waals surface area contributed by atoms with E-state index in [-0.39, 0.29) is 18.3 Å². The minimum atomic E-state index is 0. The largest absolute Gasteiger partial charge is 0.350 e. The van der Waals surface area contributed by atoms with E-state index in [1.165, 1.54) is 19.3 Å². The number of rotatable bonds is 5. The van der Waals surface area contributed by atoms with Crippen molar-refractivity contribution in [3.8, 4) is 0 Å². The van der Waals surface area contributed by atoms with Crippen molar-refractivity contribution in [1.82, 2.24) is 10.2 Å². The monoisotopic (exact) mass is 311 g/mol. The smallest absolute Gasteiger partial charge is 0.251 e. The summed E-state index contributed by atoms with van der Waals surface area (Å²) in [6.45, 7) is 5.65. The van der Waals surface area contributed by atoms with E-state index in [0.717, 1.165) is 25.2 Å². The number of benzene rings is 1. The number of amides is 1. The summed E-state index contributed by atoms with van der Waals surface area (Å²) in [4.78, 5) is 14.6. The van der Waals surface area contributed by atoms with E-state index in [4.69, 9.17) is 5.73 Å². The molecule has 1 amide bonds. The van der Waals surface area contributed by atoms with E-state index in [9.17, 15) is 4.79 Å². The first-order valence-corrected chi connectivity index (χ1v) is 7.56. The number of piperidine rings is 1.